The molecule has 92 valence electrons. The van der Waals surface area contributed by atoms with Crippen LogP contribution in [0.3, 0.4) is 0 Å². The SMILES string of the molecule is CC1C(=O)NCCN1Cc1c(N)cccc1Cl. The molecule has 0 spiro atoms. The van der Waals surface area contributed by atoms with Gasteiger partial charge in [-0.1, -0.05) is 17.7 Å². The number of piperazine rings is 1. The Morgan fingerprint density at radius 1 is 1.59 bits per heavy atom. The van der Waals surface area contributed by atoms with E-state index < -0.39 is 0 Å². The smallest absolute Gasteiger partial charge is 0.237 e. The van der Waals surface area contributed by atoms with Gasteiger partial charge in [0, 0.05) is 35.9 Å². The van der Waals surface area contributed by atoms with Crippen molar-refractivity contribution in [3.63, 3.8) is 0 Å². The predicted molar refractivity (Wildman–Crippen MR) is 68.7 cm³/mol. The molecule has 1 unspecified atom stereocenters. The molecule has 4 nitrogen and oxygen atoms in total. The minimum Gasteiger partial charge on any atom is -0.398 e. The van der Waals surface area contributed by atoms with E-state index >= 15 is 0 Å². The van der Waals surface area contributed by atoms with Crippen LogP contribution in [0.1, 0.15) is 12.5 Å². The number of hydrogen-bond acceptors (Lipinski definition) is 3. The number of carbonyl (C=O) groups is 1. The molecule has 1 aromatic carbocycles. The average Bonchev–Trinajstić information content (AvgIpc) is 2.29. The number of nitrogens with zero attached hydrogens (tertiary/aromatic N) is 1. The van der Waals surface area contributed by atoms with Crippen LogP contribution in [0.2, 0.25) is 5.02 Å². The molecule has 1 atom stereocenters. The van der Waals surface area contributed by atoms with E-state index in [1.54, 1.807) is 0 Å². The number of nitrogens with two attached hydrogens (primary N) is 1. The molecule has 1 heterocycles. The zero-order valence-electron chi connectivity index (χ0n) is 9.74. The lowest BCUT2D eigenvalue weighted by Gasteiger charge is -2.33. The molecule has 1 amide bonds. The Kier molecular flexibility index (Phi) is 3.54. The highest BCUT2D eigenvalue weighted by Gasteiger charge is 2.26. The summed E-state index contributed by atoms with van der Waals surface area (Å²) in [5, 5.41) is 3.49. The van der Waals surface area contributed by atoms with Crippen LogP contribution in [-0.4, -0.2) is 29.9 Å². The van der Waals surface area contributed by atoms with Crippen LogP contribution in [0.25, 0.3) is 0 Å². The van der Waals surface area contributed by atoms with Gasteiger partial charge in [0.15, 0.2) is 0 Å². The van der Waals surface area contributed by atoms with Crippen LogP contribution < -0.4 is 11.1 Å². The summed E-state index contributed by atoms with van der Waals surface area (Å²) in [6.45, 7) is 3.99. The van der Waals surface area contributed by atoms with Gasteiger partial charge >= 0.3 is 0 Å². The third-order valence-electron chi connectivity index (χ3n) is 3.14. The number of halogens is 1. The average molecular weight is 254 g/mol. The third kappa shape index (κ3) is 2.53. The van der Waals surface area contributed by atoms with Crippen LogP contribution in [0.15, 0.2) is 18.2 Å². The Hall–Kier alpha value is -1.26. The molecule has 1 saturated heterocycles. The molecule has 5 heteroatoms. The maximum absolute atomic E-state index is 11.5. The highest BCUT2D eigenvalue weighted by molar-refractivity contribution is 6.31. The Balaban J connectivity index is 2.17. The quantitative estimate of drug-likeness (QED) is 0.780. The van der Waals surface area contributed by atoms with Crippen molar-refractivity contribution in [1.29, 1.82) is 0 Å². The van der Waals surface area contributed by atoms with Crippen molar-refractivity contribution in [1.82, 2.24) is 10.2 Å². The van der Waals surface area contributed by atoms with Gasteiger partial charge in [0.2, 0.25) is 5.91 Å². The van der Waals surface area contributed by atoms with Crippen molar-refractivity contribution in [2.24, 2.45) is 0 Å². The summed E-state index contributed by atoms with van der Waals surface area (Å²) in [5.41, 5.74) is 7.48. The van der Waals surface area contributed by atoms with Gasteiger partial charge in [-0.15, -0.1) is 0 Å². The lowest BCUT2D eigenvalue weighted by molar-refractivity contribution is -0.128. The topological polar surface area (TPSA) is 58.4 Å². The molecule has 0 radical (unpaired) electrons. The standard InChI is InChI=1S/C12H16ClN3O/c1-8-12(17)15-5-6-16(8)7-9-10(13)3-2-4-11(9)14/h2-4,8H,5-7,14H2,1H3,(H,15,17). The highest BCUT2D eigenvalue weighted by atomic mass is 35.5. The van der Waals surface area contributed by atoms with Crippen LogP contribution in [0.5, 0.6) is 0 Å². The van der Waals surface area contributed by atoms with Gasteiger partial charge in [0.25, 0.3) is 0 Å². The number of anilines is 1. The lowest BCUT2D eigenvalue weighted by atomic mass is 10.1. The first kappa shape index (κ1) is 12.2. The zero-order valence-corrected chi connectivity index (χ0v) is 10.5. The normalized spacial score (nSPS) is 21.3. The van der Waals surface area contributed by atoms with Crippen LogP contribution in [-0.2, 0) is 11.3 Å². The Morgan fingerprint density at radius 2 is 2.35 bits per heavy atom. The van der Waals surface area contributed by atoms with Crippen molar-refractivity contribution in [2.75, 3.05) is 18.8 Å². The molecule has 0 aromatic heterocycles. The summed E-state index contributed by atoms with van der Waals surface area (Å²) in [5.74, 6) is 0.0573. The fourth-order valence-corrected chi connectivity index (χ4v) is 2.23. The number of amides is 1. The van der Waals surface area contributed by atoms with Crippen molar-refractivity contribution in [3.8, 4) is 0 Å². The van der Waals surface area contributed by atoms with E-state index in [1.165, 1.54) is 0 Å². The molecule has 0 bridgehead atoms. The second-order valence-electron chi connectivity index (χ2n) is 4.25. The largest absolute Gasteiger partial charge is 0.398 e. The van der Waals surface area contributed by atoms with Gasteiger partial charge in [-0.2, -0.15) is 0 Å². The van der Waals surface area contributed by atoms with Crippen molar-refractivity contribution in [2.45, 2.75) is 19.5 Å². The number of nitrogen functional groups attached to an aromatic ring is 1. The Labute approximate surface area is 106 Å². The third-order valence-corrected chi connectivity index (χ3v) is 3.50. The molecule has 0 aliphatic carbocycles. The minimum absolute atomic E-state index is 0.0573. The van der Waals surface area contributed by atoms with E-state index in [-0.39, 0.29) is 11.9 Å². The number of rotatable bonds is 2. The number of hydrogen-bond donors (Lipinski definition) is 2. The van der Waals surface area contributed by atoms with Crippen LogP contribution in [0, 0.1) is 0 Å². The fraction of sp³-hybridized carbons (Fsp3) is 0.417. The maximum atomic E-state index is 11.5. The molecule has 1 aliphatic heterocycles. The summed E-state index contributed by atoms with van der Waals surface area (Å²) in [6, 6.07) is 5.34. The van der Waals surface area contributed by atoms with Gasteiger partial charge < -0.3 is 11.1 Å². The summed E-state index contributed by atoms with van der Waals surface area (Å²) in [6.07, 6.45) is 0. The second kappa shape index (κ2) is 4.94. The van der Waals surface area contributed by atoms with Crippen molar-refractivity contribution >= 4 is 23.2 Å². The zero-order chi connectivity index (χ0) is 12.4. The number of carbonyl (C=O) groups excluding carboxylic acids is 1. The van der Waals surface area contributed by atoms with E-state index in [0.29, 0.717) is 23.8 Å². The minimum atomic E-state index is -0.139. The first-order valence-corrected chi connectivity index (χ1v) is 6.02. The van der Waals surface area contributed by atoms with Gasteiger partial charge in [0.05, 0.1) is 6.04 Å². The summed E-state index contributed by atoms with van der Waals surface area (Å²) in [7, 11) is 0. The molecule has 1 aliphatic rings. The molecule has 0 saturated carbocycles. The summed E-state index contributed by atoms with van der Waals surface area (Å²) >= 11 is 6.13. The first-order valence-electron chi connectivity index (χ1n) is 5.64. The summed E-state index contributed by atoms with van der Waals surface area (Å²) < 4.78 is 0. The molecular formula is C12H16ClN3O. The van der Waals surface area contributed by atoms with E-state index in [1.807, 2.05) is 25.1 Å². The van der Waals surface area contributed by atoms with Crippen molar-refractivity contribution in [3.05, 3.63) is 28.8 Å². The van der Waals surface area contributed by atoms with Gasteiger partial charge in [-0.05, 0) is 19.1 Å². The van der Waals surface area contributed by atoms with E-state index in [2.05, 4.69) is 10.2 Å². The molecule has 17 heavy (non-hydrogen) atoms. The maximum Gasteiger partial charge on any atom is 0.237 e. The summed E-state index contributed by atoms with van der Waals surface area (Å²) in [4.78, 5) is 13.6. The van der Waals surface area contributed by atoms with E-state index in [4.69, 9.17) is 17.3 Å². The van der Waals surface area contributed by atoms with E-state index in [0.717, 1.165) is 12.1 Å². The van der Waals surface area contributed by atoms with Crippen molar-refractivity contribution < 1.29 is 4.79 Å². The number of nitrogens with one attached hydrogen (secondary N) is 1. The Bertz CT molecular complexity index is 416. The molecule has 2 rings (SSSR count). The van der Waals surface area contributed by atoms with Crippen LogP contribution >= 0.6 is 11.6 Å². The van der Waals surface area contributed by atoms with Gasteiger partial charge in [-0.25, -0.2) is 0 Å². The van der Waals surface area contributed by atoms with Gasteiger partial charge in [0.1, 0.15) is 0 Å². The lowest BCUT2D eigenvalue weighted by Crippen LogP contribution is -2.53. The molecular weight excluding hydrogens is 238 g/mol. The highest BCUT2D eigenvalue weighted by Crippen LogP contribution is 2.24. The molecule has 1 fully saturated rings. The first-order chi connectivity index (χ1) is 8.09. The van der Waals surface area contributed by atoms with Gasteiger partial charge in [-0.3, -0.25) is 9.69 Å². The monoisotopic (exact) mass is 253 g/mol. The second-order valence-corrected chi connectivity index (χ2v) is 4.65. The Morgan fingerprint density at radius 3 is 3.06 bits per heavy atom. The van der Waals surface area contributed by atoms with Crippen LogP contribution in [0.4, 0.5) is 5.69 Å². The number of benzene rings is 1. The molecule has 1 aromatic rings. The van der Waals surface area contributed by atoms with E-state index in [9.17, 15) is 4.79 Å². The predicted octanol–water partition coefficient (Wildman–Crippen LogP) is 1.24. The molecule has 3 N–H and O–H groups in total. The fourth-order valence-electron chi connectivity index (χ4n) is 1.99.